The normalized spacial score (nSPS) is 10.8. The summed E-state index contributed by atoms with van der Waals surface area (Å²) < 4.78 is 27.3. The first kappa shape index (κ1) is 18.6. The average molecular weight is 392 g/mol. The molecule has 0 unspecified atom stereocenters. The highest BCUT2D eigenvalue weighted by atomic mass is 19.1. The number of pyridine rings is 1. The molecule has 0 atom stereocenters. The second-order valence-electron chi connectivity index (χ2n) is 6.52. The standard InChI is InChI=1S/C22H18F2N4O/c23-17-5-3-6-18(24)21(17)28-22(29)15-8-9-20(27-13-15)25-11-10-14-12-26-19-7-2-1-4-16(14)19/h1-9,12-13,26H,10-11H2,(H,25,27)(H,28,29). The molecule has 0 aliphatic heterocycles. The topological polar surface area (TPSA) is 69.8 Å². The van der Waals surface area contributed by atoms with Crippen molar-refractivity contribution in [2.24, 2.45) is 0 Å². The largest absolute Gasteiger partial charge is 0.370 e. The number of carbonyl (C=O) groups excluding carboxylic acids is 1. The average Bonchev–Trinajstić information content (AvgIpc) is 3.14. The van der Waals surface area contributed by atoms with Gasteiger partial charge >= 0.3 is 0 Å². The lowest BCUT2D eigenvalue weighted by molar-refractivity contribution is 0.102. The van der Waals surface area contributed by atoms with E-state index in [-0.39, 0.29) is 5.56 Å². The summed E-state index contributed by atoms with van der Waals surface area (Å²) in [6.45, 7) is 0.667. The Hall–Kier alpha value is -3.74. The zero-order valence-corrected chi connectivity index (χ0v) is 15.4. The van der Waals surface area contributed by atoms with Gasteiger partial charge in [-0.15, -0.1) is 0 Å². The van der Waals surface area contributed by atoms with Gasteiger partial charge in [-0.2, -0.15) is 0 Å². The van der Waals surface area contributed by atoms with Gasteiger partial charge in [0.25, 0.3) is 5.91 Å². The molecule has 0 spiro atoms. The number of benzene rings is 2. The van der Waals surface area contributed by atoms with E-state index < -0.39 is 23.2 Å². The first-order valence-corrected chi connectivity index (χ1v) is 9.12. The van der Waals surface area contributed by atoms with E-state index in [1.54, 1.807) is 12.1 Å². The van der Waals surface area contributed by atoms with Gasteiger partial charge in [0.05, 0.1) is 5.56 Å². The molecule has 4 rings (SSSR count). The molecule has 0 bridgehead atoms. The van der Waals surface area contributed by atoms with Crippen LogP contribution < -0.4 is 10.6 Å². The van der Waals surface area contributed by atoms with Crippen LogP contribution in [0.5, 0.6) is 0 Å². The number of amides is 1. The van der Waals surface area contributed by atoms with Gasteiger partial charge in [0.1, 0.15) is 23.1 Å². The van der Waals surface area contributed by atoms with E-state index in [0.29, 0.717) is 12.4 Å². The molecule has 146 valence electrons. The number of nitrogens with one attached hydrogen (secondary N) is 3. The third-order valence-electron chi connectivity index (χ3n) is 4.60. The molecule has 0 aliphatic carbocycles. The molecular weight excluding hydrogens is 374 g/mol. The third kappa shape index (κ3) is 4.08. The molecule has 3 N–H and O–H groups in total. The number of hydrogen-bond donors (Lipinski definition) is 3. The lowest BCUT2D eigenvalue weighted by Gasteiger charge is -2.09. The summed E-state index contributed by atoms with van der Waals surface area (Å²) in [6, 6.07) is 14.7. The number of halogens is 2. The van der Waals surface area contributed by atoms with E-state index in [1.165, 1.54) is 23.2 Å². The second-order valence-corrected chi connectivity index (χ2v) is 6.52. The smallest absolute Gasteiger partial charge is 0.257 e. The minimum absolute atomic E-state index is 0.204. The number of anilines is 2. The maximum atomic E-state index is 13.7. The van der Waals surface area contributed by atoms with Crippen molar-refractivity contribution in [3.05, 3.63) is 89.8 Å². The fourth-order valence-electron chi connectivity index (χ4n) is 3.10. The monoisotopic (exact) mass is 392 g/mol. The van der Waals surface area contributed by atoms with Gasteiger partial charge in [0.2, 0.25) is 0 Å². The molecule has 1 amide bonds. The molecule has 7 heteroatoms. The van der Waals surface area contributed by atoms with Crippen molar-refractivity contribution >= 4 is 28.3 Å². The zero-order chi connectivity index (χ0) is 20.2. The Kier molecular flexibility index (Phi) is 5.20. The molecule has 5 nitrogen and oxygen atoms in total. The highest BCUT2D eigenvalue weighted by molar-refractivity contribution is 6.04. The van der Waals surface area contributed by atoms with Crippen LogP contribution in [0.15, 0.2) is 67.0 Å². The van der Waals surface area contributed by atoms with Gasteiger partial charge in [-0.25, -0.2) is 13.8 Å². The van der Waals surface area contributed by atoms with E-state index >= 15 is 0 Å². The summed E-state index contributed by atoms with van der Waals surface area (Å²) in [5.74, 6) is -1.69. The number of carbonyl (C=O) groups is 1. The van der Waals surface area contributed by atoms with E-state index in [9.17, 15) is 13.6 Å². The van der Waals surface area contributed by atoms with Crippen molar-refractivity contribution in [2.75, 3.05) is 17.2 Å². The maximum Gasteiger partial charge on any atom is 0.257 e. The molecule has 2 aromatic carbocycles. The van der Waals surface area contributed by atoms with Gasteiger partial charge in [-0.3, -0.25) is 4.79 Å². The van der Waals surface area contributed by atoms with Crippen LogP contribution in [0, 0.1) is 11.6 Å². The molecule has 0 aliphatic rings. The van der Waals surface area contributed by atoms with Crippen LogP contribution in [0.4, 0.5) is 20.3 Å². The molecule has 4 aromatic rings. The summed E-state index contributed by atoms with van der Waals surface area (Å²) in [5, 5.41) is 6.63. The number of hydrogen-bond acceptors (Lipinski definition) is 3. The number of fused-ring (bicyclic) bond motifs is 1. The first-order chi connectivity index (χ1) is 14.1. The van der Waals surface area contributed by atoms with E-state index in [0.717, 1.165) is 24.1 Å². The number of H-pyrrole nitrogens is 1. The van der Waals surface area contributed by atoms with E-state index in [1.807, 2.05) is 24.4 Å². The van der Waals surface area contributed by atoms with Crippen molar-refractivity contribution < 1.29 is 13.6 Å². The predicted molar refractivity (Wildman–Crippen MR) is 109 cm³/mol. The molecule has 0 radical (unpaired) electrons. The molecule has 2 heterocycles. The fourth-order valence-corrected chi connectivity index (χ4v) is 3.10. The maximum absolute atomic E-state index is 13.7. The minimum Gasteiger partial charge on any atom is -0.370 e. The van der Waals surface area contributed by atoms with Gasteiger partial charge in [0.15, 0.2) is 0 Å². The minimum atomic E-state index is -0.832. The van der Waals surface area contributed by atoms with Crippen molar-refractivity contribution in [3.8, 4) is 0 Å². The Morgan fingerprint density at radius 2 is 1.79 bits per heavy atom. The lowest BCUT2D eigenvalue weighted by Crippen LogP contribution is -2.15. The highest BCUT2D eigenvalue weighted by Gasteiger charge is 2.13. The van der Waals surface area contributed by atoms with Gasteiger partial charge in [-0.1, -0.05) is 24.3 Å². The number of rotatable bonds is 6. The summed E-state index contributed by atoms with van der Waals surface area (Å²) in [5.41, 5.74) is 2.03. The first-order valence-electron chi connectivity index (χ1n) is 9.12. The molecule has 0 saturated heterocycles. The predicted octanol–water partition coefficient (Wildman–Crippen LogP) is 4.75. The number of nitrogens with zero attached hydrogens (tertiary/aromatic N) is 1. The lowest BCUT2D eigenvalue weighted by atomic mass is 10.1. The van der Waals surface area contributed by atoms with Crippen LogP contribution in [0.25, 0.3) is 10.9 Å². The molecule has 29 heavy (non-hydrogen) atoms. The number of aromatic amines is 1. The van der Waals surface area contributed by atoms with Crippen LogP contribution in [0.3, 0.4) is 0 Å². The van der Waals surface area contributed by atoms with Crippen LogP contribution >= 0.6 is 0 Å². The van der Waals surface area contributed by atoms with Crippen LogP contribution in [0.1, 0.15) is 15.9 Å². The number of aromatic nitrogens is 2. The second kappa shape index (κ2) is 8.10. The molecule has 2 aromatic heterocycles. The Morgan fingerprint density at radius 1 is 1.00 bits per heavy atom. The van der Waals surface area contributed by atoms with Gasteiger partial charge in [0, 0.05) is 29.8 Å². The highest BCUT2D eigenvalue weighted by Crippen LogP contribution is 2.20. The van der Waals surface area contributed by atoms with Crippen molar-refractivity contribution in [1.29, 1.82) is 0 Å². The van der Waals surface area contributed by atoms with E-state index in [4.69, 9.17) is 0 Å². The fraction of sp³-hybridized carbons (Fsp3) is 0.0909. The molecule has 0 fully saturated rings. The van der Waals surface area contributed by atoms with Crippen LogP contribution in [-0.2, 0) is 6.42 Å². The Labute approximate surface area is 165 Å². The summed E-state index contributed by atoms with van der Waals surface area (Å²) in [4.78, 5) is 19.7. The van der Waals surface area contributed by atoms with E-state index in [2.05, 4.69) is 26.7 Å². The SMILES string of the molecule is O=C(Nc1c(F)cccc1F)c1ccc(NCCc2c[nH]c3ccccc23)nc1. The summed E-state index contributed by atoms with van der Waals surface area (Å²) in [6.07, 6.45) is 4.16. The van der Waals surface area contributed by atoms with Crippen LogP contribution in [0.2, 0.25) is 0 Å². The van der Waals surface area contributed by atoms with Crippen molar-refractivity contribution in [1.82, 2.24) is 9.97 Å². The Bertz CT molecular complexity index is 1130. The summed E-state index contributed by atoms with van der Waals surface area (Å²) in [7, 11) is 0. The molecule has 0 saturated carbocycles. The van der Waals surface area contributed by atoms with Gasteiger partial charge in [-0.05, 0) is 42.3 Å². The molecular formula is C22H18F2N4O. The van der Waals surface area contributed by atoms with Crippen molar-refractivity contribution in [2.45, 2.75) is 6.42 Å². The van der Waals surface area contributed by atoms with Crippen molar-refractivity contribution in [3.63, 3.8) is 0 Å². The Morgan fingerprint density at radius 3 is 2.55 bits per heavy atom. The summed E-state index contributed by atoms with van der Waals surface area (Å²) >= 11 is 0. The van der Waals surface area contributed by atoms with Crippen LogP contribution in [-0.4, -0.2) is 22.4 Å². The Balaban J connectivity index is 1.36. The van der Waals surface area contributed by atoms with Gasteiger partial charge < -0.3 is 15.6 Å². The number of para-hydroxylation sites is 2. The quantitative estimate of drug-likeness (QED) is 0.444. The zero-order valence-electron chi connectivity index (χ0n) is 15.4. The third-order valence-corrected chi connectivity index (χ3v) is 4.60.